The Labute approximate surface area is 135 Å². The summed E-state index contributed by atoms with van der Waals surface area (Å²) >= 11 is 0. The first-order chi connectivity index (χ1) is 10.6. The number of carboxylic acid groups (broad SMARTS) is 1. The smallest absolute Gasteiger partial charge is 0.303 e. The molecule has 0 amide bonds. The maximum Gasteiger partial charge on any atom is 0.303 e. The lowest BCUT2D eigenvalue weighted by Gasteiger charge is -2.12. The number of aliphatic hydroxyl groups excluding tert-OH is 2. The summed E-state index contributed by atoms with van der Waals surface area (Å²) in [5.41, 5.74) is 0. The molecule has 0 fully saturated rings. The summed E-state index contributed by atoms with van der Waals surface area (Å²) in [6, 6.07) is 0. The number of aliphatic carboxylic acids is 1. The van der Waals surface area contributed by atoms with Gasteiger partial charge in [-0.1, -0.05) is 57.6 Å². The van der Waals surface area contributed by atoms with E-state index in [1.165, 1.54) is 32.1 Å². The quantitative estimate of drug-likeness (QED) is 0.315. The molecular weight excluding hydrogens is 280 g/mol. The molecule has 0 saturated carbocycles. The van der Waals surface area contributed by atoms with E-state index in [2.05, 4.69) is 6.92 Å². The van der Waals surface area contributed by atoms with Crippen molar-refractivity contribution in [2.75, 3.05) is 0 Å². The first-order valence-electron chi connectivity index (χ1n) is 8.80. The third kappa shape index (κ3) is 15.5. The average Bonchev–Trinajstić information content (AvgIpc) is 2.46. The largest absolute Gasteiger partial charge is 0.481 e. The van der Waals surface area contributed by atoms with Crippen LogP contribution in [0.2, 0.25) is 0 Å². The average molecular weight is 314 g/mol. The molecule has 0 aromatic rings. The number of hydrogen-bond acceptors (Lipinski definition) is 3. The first kappa shape index (κ1) is 21.1. The molecule has 0 aliphatic heterocycles. The van der Waals surface area contributed by atoms with Crippen molar-refractivity contribution in [3.63, 3.8) is 0 Å². The number of carboxylic acids is 1. The van der Waals surface area contributed by atoms with Crippen LogP contribution >= 0.6 is 0 Å². The van der Waals surface area contributed by atoms with Crippen molar-refractivity contribution in [1.82, 2.24) is 0 Å². The van der Waals surface area contributed by atoms with E-state index in [0.717, 1.165) is 12.8 Å². The van der Waals surface area contributed by atoms with E-state index in [9.17, 15) is 15.0 Å². The van der Waals surface area contributed by atoms with Crippen LogP contribution in [0.25, 0.3) is 0 Å². The lowest BCUT2D eigenvalue weighted by Crippen LogP contribution is -2.15. The van der Waals surface area contributed by atoms with Crippen LogP contribution in [0.1, 0.15) is 84.0 Å². The Bertz CT molecular complexity index is 289. The Hall–Kier alpha value is -0.870. The van der Waals surface area contributed by atoms with Gasteiger partial charge in [0.05, 0.1) is 12.2 Å². The zero-order valence-corrected chi connectivity index (χ0v) is 14.0. The van der Waals surface area contributed by atoms with E-state index in [4.69, 9.17) is 5.11 Å². The SMILES string of the molecule is CCCCCCCCC=CC(O)CC(O)CCCCC(=O)O. The molecule has 3 N–H and O–H groups in total. The normalized spacial score (nSPS) is 14.3. The van der Waals surface area contributed by atoms with Crippen LogP contribution in [0.3, 0.4) is 0 Å². The molecule has 0 spiro atoms. The van der Waals surface area contributed by atoms with Crippen LogP contribution < -0.4 is 0 Å². The van der Waals surface area contributed by atoms with Crippen LogP contribution in [0, 0.1) is 0 Å². The molecule has 4 nitrogen and oxygen atoms in total. The van der Waals surface area contributed by atoms with E-state index < -0.39 is 18.2 Å². The highest BCUT2D eigenvalue weighted by atomic mass is 16.4. The summed E-state index contributed by atoms with van der Waals surface area (Å²) in [6.07, 6.45) is 13.5. The van der Waals surface area contributed by atoms with Crippen LogP contribution in [-0.4, -0.2) is 33.5 Å². The predicted molar refractivity (Wildman–Crippen MR) is 89.9 cm³/mol. The summed E-state index contributed by atoms with van der Waals surface area (Å²) in [7, 11) is 0. The predicted octanol–water partition coefficient (Wildman–Crippen LogP) is 4.05. The Morgan fingerprint density at radius 3 is 2.36 bits per heavy atom. The Balaban J connectivity index is 3.51. The molecule has 0 aromatic carbocycles. The standard InChI is InChI=1S/C18H34O4/c1-2-3-4-5-6-7-8-9-12-16(19)15-17(20)13-10-11-14-18(21)22/h9,12,16-17,19-20H,2-8,10-11,13-15H2,1H3,(H,21,22). The van der Waals surface area contributed by atoms with Gasteiger partial charge in [0.2, 0.25) is 0 Å². The van der Waals surface area contributed by atoms with E-state index >= 15 is 0 Å². The van der Waals surface area contributed by atoms with E-state index in [1.54, 1.807) is 6.08 Å². The molecule has 2 unspecified atom stereocenters. The molecule has 0 aromatic heterocycles. The monoisotopic (exact) mass is 314 g/mol. The van der Waals surface area contributed by atoms with Crippen molar-refractivity contribution in [2.24, 2.45) is 0 Å². The highest BCUT2D eigenvalue weighted by Gasteiger charge is 2.09. The molecule has 4 heteroatoms. The van der Waals surface area contributed by atoms with Gasteiger partial charge in [-0.3, -0.25) is 4.79 Å². The molecule has 22 heavy (non-hydrogen) atoms. The van der Waals surface area contributed by atoms with Gasteiger partial charge in [-0.05, 0) is 25.7 Å². The fourth-order valence-corrected chi connectivity index (χ4v) is 2.43. The van der Waals surface area contributed by atoms with Crippen LogP contribution in [0.15, 0.2) is 12.2 Å². The van der Waals surface area contributed by atoms with Crippen molar-refractivity contribution in [2.45, 2.75) is 96.2 Å². The molecule has 130 valence electrons. The van der Waals surface area contributed by atoms with Gasteiger partial charge in [0.15, 0.2) is 0 Å². The summed E-state index contributed by atoms with van der Waals surface area (Å²) < 4.78 is 0. The van der Waals surface area contributed by atoms with Crippen LogP contribution in [0.5, 0.6) is 0 Å². The minimum absolute atomic E-state index is 0.146. The molecule has 0 bridgehead atoms. The van der Waals surface area contributed by atoms with Crippen LogP contribution in [-0.2, 0) is 4.79 Å². The van der Waals surface area contributed by atoms with Gasteiger partial charge in [0.25, 0.3) is 0 Å². The molecule has 0 rings (SSSR count). The third-order valence-electron chi connectivity index (χ3n) is 3.77. The molecule has 2 atom stereocenters. The van der Waals surface area contributed by atoms with E-state index in [-0.39, 0.29) is 6.42 Å². The molecule has 0 aliphatic carbocycles. The Morgan fingerprint density at radius 1 is 1.00 bits per heavy atom. The summed E-state index contributed by atoms with van der Waals surface area (Å²) in [4.78, 5) is 10.4. The minimum atomic E-state index is -0.799. The van der Waals surface area contributed by atoms with Crippen molar-refractivity contribution >= 4 is 5.97 Å². The number of aliphatic hydroxyl groups is 2. The fraction of sp³-hybridized carbons (Fsp3) is 0.833. The number of rotatable bonds is 15. The third-order valence-corrected chi connectivity index (χ3v) is 3.77. The maximum absolute atomic E-state index is 10.4. The molecule has 0 saturated heterocycles. The molecule has 0 radical (unpaired) electrons. The fourth-order valence-electron chi connectivity index (χ4n) is 2.43. The van der Waals surface area contributed by atoms with Crippen molar-refractivity contribution in [3.8, 4) is 0 Å². The van der Waals surface area contributed by atoms with Crippen molar-refractivity contribution in [1.29, 1.82) is 0 Å². The van der Waals surface area contributed by atoms with Gasteiger partial charge < -0.3 is 15.3 Å². The lowest BCUT2D eigenvalue weighted by molar-refractivity contribution is -0.137. The summed E-state index contributed by atoms with van der Waals surface area (Å²) in [6.45, 7) is 2.21. The van der Waals surface area contributed by atoms with Gasteiger partial charge in [-0.15, -0.1) is 0 Å². The summed E-state index contributed by atoms with van der Waals surface area (Å²) in [5, 5.41) is 28.1. The van der Waals surface area contributed by atoms with Gasteiger partial charge in [-0.2, -0.15) is 0 Å². The highest BCUT2D eigenvalue weighted by Crippen LogP contribution is 2.11. The van der Waals surface area contributed by atoms with Gasteiger partial charge in [0, 0.05) is 12.8 Å². The molecule has 0 heterocycles. The molecular formula is C18H34O4. The first-order valence-corrected chi connectivity index (χ1v) is 8.80. The topological polar surface area (TPSA) is 77.8 Å². The second kappa shape index (κ2) is 15.0. The van der Waals surface area contributed by atoms with E-state index in [0.29, 0.717) is 25.7 Å². The number of unbranched alkanes of at least 4 members (excludes halogenated alkanes) is 7. The van der Waals surface area contributed by atoms with Crippen molar-refractivity contribution in [3.05, 3.63) is 12.2 Å². The number of carbonyl (C=O) groups is 1. The zero-order valence-electron chi connectivity index (χ0n) is 14.0. The van der Waals surface area contributed by atoms with Gasteiger partial charge in [0.1, 0.15) is 0 Å². The van der Waals surface area contributed by atoms with Gasteiger partial charge in [-0.25, -0.2) is 0 Å². The highest BCUT2D eigenvalue weighted by molar-refractivity contribution is 5.66. The number of hydrogen-bond donors (Lipinski definition) is 3. The maximum atomic E-state index is 10.4. The minimum Gasteiger partial charge on any atom is -0.481 e. The summed E-state index contributed by atoms with van der Waals surface area (Å²) in [5.74, 6) is -0.799. The van der Waals surface area contributed by atoms with Crippen LogP contribution in [0.4, 0.5) is 0 Å². The zero-order chi connectivity index (χ0) is 16.6. The second-order valence-electron chi connectivity index (χ2n) is 6.08. The van der Waals surface area contributed by atoms with Gasteiger partial charge >= 0.3 is 5.97 Å². The Kier molecular flexibility index (Phi) is 14.4. The van der Waals surface area contributed by atoms with Crippen molar-refractivity contribution < 1.29 is 20.1 Å². The van der Waals surface area contributed by atoms with E-state index in [1.807, 2.05) is 6.08 Å². The molecule has 0 aliphatic rings. The second-order valence-corrected chi connectivity index (χ2v) is 6.08. The Morgan fingerprint density at radius 2 is 1.68 bits per heavy atom. The lowest BCUT2D eigenvalue weighted by atomic mass is 10.0. The number of allylic oxidation sites excluding steroid dienone is 1.